The molecular formula is C16H13F2N3O3. The molecule has 0 atom stereocenters. The summed E-state index contributed by atoms with van der Waals surface area (Å²) < 4.78 is 43.0. The van der Waals surface area contributed by atoms with Gasteiger partial charge < -0.3 is 19.9 Å². The van der Waals surface area contributed by atoms with Crippen molar-refractivity contribution in [3.63, 3.8) is 0 Å². The number of benzene rings is 2. The van der Waals surface area contributed by atoms with Gasteiger partial charge in [-0.3, -0.25) is 0 Å². The molecule has 124 valence electrons. The van der Waals surface area contributed by atoms with E-state index in [2.05, 4.69) is 9.97 Å². The highest BCUT2D eigenvalue weighted by Crippen LogP contribution is 2.36. The topological polar surface area (TPSA) is 79.5 Å². The molecule has 0 aliphatic carbocycles. The van der Waals surface area contributed by atoms with Gasteiger partial charge in [-0.2, -0.15) is 0 Å². The molecule has 0 saturated heterocycles. The van der Waals surface area contributed by atoms with Crippen LogP contribution < -0.4 is 19.9 Å². The summed E-state index contributed by atoms with van der Waals surface area (Å²) in [4.78, 5) is 8.11. The van der Waals surface area contributed by atoms with Crippen molar-refractivity contribution in [2.45, 2.75) is 0 Å². The molecular weight excluding hydrogens is 320 g/mol. The maximum atomic E-state index is 13.9. The fraction of sp³-hybridized carbons (Fsp3) is 0.125. The summed E-state index contributed by atoms with van der Waals surface area (Å²) in [6, 6.07) is 4.95. The quantitative estimate of drug-likeness (QED) is 0.738. The molecule has 1 heterocycles. The fourth-order valence-electron chi connectivity index (χ4n) is 2.17. The third kappa shape index (κ3) is 2.73. The zero-order valence-electron chi connectivity index (χ0n) is 12.8. The summed E-state index contributed by atoms with van der Waals surface area (Å²) in [5, 5.41) is 0.470. The lowest BCUT2D eigenvalue weighted by Crippen LogP contribution is -1.98. The van der Waals surface area contributed by atoms with Gasteiger partial charge in [-0.1, -0.05) is 0 Å². The number of hydrogen-bond acceptors (Lipinski definition) is 6. The molecule has 0 unspecified atom stereocenters. The van der Waals surface area contributed by atoms with Gasteiger partial charge >= 0.3 is 0 Å². The molecule has 0 spiro atoms. The van der Waals surface area contributed by atoms with E-state index in [9.17, 15) is 8.78 Å². The summed E-state index contributed by atoms with van der Waals surface area (Å²) in [5.41, 5.74) is 5.72. The number of fused-ring (bicyclic) bond motifs is 1. The van der Waals surface area contributed by atoms with Crippen molar-refractivity contribution in [1.82, 2.24) is 9.97 Å². The number of halogens is 2. The van der Waals surface area contributed by atoms with Gasteiger partial charge in [-0.15, -0.1) is 0 Å². The number of methoxy groups -OCH3 is 2. The van der Waals surface area contributed by atoms with Gasteiger partial charge in [-0.05, 0) is 6.07 Å². The summed E-state index contributed by atoms with van der Waals surface area (Å²) in [7, 11) is 2.98. The standard InChI is InChI=1S/C16H13F2N3O3/c1-22-14-3-8-12(6-15(14)23-2)20-7-21-16(8)24-13-5-11(19)9(17)4-10(13)18/h3-7H,19H2,1-2H3. The number of ether oxygens (including phenoxy) is 3. The van der Waals surface area contributed by atoms with E-state index in [1.807, 2.05) is 0 Å². The second-order valence-electron chi connectivity index (χ2n) is 4.81. The third-order valence-corrected chi connectivity index (χ3v) is 3.36. The van der Waals surface area contributed by atoms with Gasteiger partial charge in [0.15, 0.2) is 23.1 Å². The molecule has 8 heteroatoms. The molecule has 1 aromatic heterocycles. The van der Waals surface area contributed by atoms with Crippen LogP contribution in [0.15, 0.2) is 30.6 Å². The van der Waals surface area contributed by atoms with E-state index in [1.54, 1.807) is 12.1 Å². The van der Waals surface area contributed by atoms with E-state index < -0.39 is 11.6 Å². The highest BCUT2D eigenvalue weighted by molar-refractivity contribution is 5.87. The molecule has 0 radical (unpaired) electrons. The summed E-state index contributed by atoms with van der Waals surface area (Å²) >= 11 is 0. The lowest BCUT2D eigenvalue weighted by Gasteiger charge is -2.12. The van der Waals surface area contributed by atoms with Gasteiger partial charge in [0, 0.05) is 18.2 Å². The Bertz CT molecular complexity index is 919. The van der Waals surface area contributed by atoms with Crippen LogP contribution >= 0.6 is 0 Å². The van der Waals surface area contributed by atoms with Gasteiger partial charge in [0.25, 0.3) is 0 Å². The largest absolute Gasteiger partial charge is 0.493 e. The first-order valence-corrected chi connectivity index (χ1v) is 6.82. The van der Waals surface area contributed by atoms with Crippen LogP contribution in [-0.2, 0) is 0 Å². The monoisotopic (exact) mass is 333 g/mol. The van der Waals surface area contributed by atoms with E-state index in [4.69, 9.17) is 19.9 Å². The Labute approximate surface area is 135 Å². The van der Waals surface area contributed by atoms with Crippen LogP contribution in [0.25, 0.3) is 10.9 Å². The Morgan fingerprint density at radius 2 is 1.58 bits per heavy atom. The number of hydrogen-bond donors (Lipinski definition) is 1. The van der Waals surface area contributed by atoms with Gasteiger partial charge in [0.1, 0.15) is 12.1 Å². The normalized spacial score (nSPS) is 10.7. The second-order valence-corrected chi connectivity index (χ2v) is 4.81. The van der Waals surface area contributed by atoms with Crippen molar-refractivity contribution in [3.05, 3.63) is 42.2 Å². The molecule has 0 saturated carbocycles. The first kappa shape index (κ1) is 15.7. The lowest BCUT2D eigenvalue weighted by molar-refractivity contribution is 0.355. The van der Waals surface area contributed by atoms with E-state index in [0.29, 0.717) is 28.5 Å². The average molecular weight is 333 g/mol. The summed E-state index contributed by atoms with van der Waals surface area (Å²) in [6.45, 7) is 0. The number of anilines is 1. The van der Waals surface area contributed by atoms with Gasteiger partial charge in [-0.25, -0.2) is 18.7 Å². The van der Waals surface area contributed by atoms with Crippen LogP contribution in [0.2, 0.25) is 0 Å². The zero-order chi connectivity index (χ0) is 17.3. The Balaban J connectivity index is 2.11. The van der Waals surface area contributed by atoms with Crippen LogP contribution in [0.3, 0.4) is 0 Å². The maximum Gasteiger partial charge on any atom is 0.230 e. The molecule has 0 amide bonds. The molecule has 3 aromatic rings. The average Bonchev–Trinajstić information content (AvgIpc) is 2.58. The van der Waals surface area contributed by atoms with Crippen LogP contribution in [0, 0.1) is 11.6 Å². The summed E-state index contributed by atoms with van der Waals surface area (Å²) in [6.07, 6.45) is 1.26. The molecule has 6 nitrogen and oxygen atoms in total. The van der Waals surface area contributed by atoms with Crippen LogP contribution in [0.1, 0.15) is 0 Å². The second kappa shape index (κ2) is 6.15. The first-order chi connectivity index (χ1) is 11.5. The van der Waals surface area contributed by atoms with Gasteiger partial charge in [0.05, 0.1) is 30.8 Å². The number of aromatic nitrogens is 2. The molecule has 0 aliphatic heterocycles. The minimum Gasteiger partial charge on any atom is -0.493 e. The Morgan fingerprint density at radius 3 is 2.29 bits per heavy atom. The van der Waals surface area contributed by atoms with Crippen molar-refractivity contribution in [2.24, 2.45) is 0 Å². The van der Waals surface area contributed by atoms with Crippen molar-refractivity contribution in [3.8, 4) is 23.1 Å². The number of nitrogens with zero attached hydrogens (tertiary/aromatic N) is 2. The fourth-order valence-corrected chi connectivity index (χ4v) is 2.17. The molecule has 0 bridgehead atoms. The predicted octanol–water partition coefficient (Wildman–Crippen LogP) is 3.30. The Kier molecular flexibility index (Phi) is 4.03. The maximum absolute atomic E-state index is 13.9. The SMILES string of the molecule is COc1cc2ncnc(Oc3cc(N)c(F)cc3F)c2cc1OC. The predicted molar refractivity (Wildman–Crippen MR) is 83.5 cm³/mol. The van der Waals surface area contributed by atoms with E-state index >= 15 is 0 Å². The molecule has 2 aromatic carbocycles. The van der Waals surface area contributed by atoms with Gasteiger partial charge in [0.2, 0.25) is 5.88 Å². The highest BCUT2D eigenvalue weighted by atomic mass is 19.1. The molecule has 0 aliphatic rings. The third-order valence-electron chi connectivity index (χ3n) is 3.36. The van der Waals surface area contributed by atoms with E-state index in [1.165, 1.54) is 20.5 Å². The van der Waals surface area contributed by atoms with E-state index in [0.717, 1.165) is 6.07 Å². The minimum absolute atomic E-state index is 0.0749. The lowest BCUT2D eigenvalue weighted by atomic mass is 10.2. The number of nitrogen functional groups attached to an aromatic ring is 1. The molecule has 3 rings (SSSR count). The van der Waals surface area contributed by atoms with E-state index in [-0.39, 0.29) is 17.3 Å². The van der Waals surface area contributed by atoms with Crippen LogP contribution in [0.4, 0.5) is 14.5 Å². The first-order valence-electron chi connectivity index (χ1n) is 6.82. The Hall–Kier alpha value is -3.16. The highest BCUT2D eigenvalue weighted by Gasteiger charge is 2.15. The molecule has 24 heavy (non-hydrogen) atoms. The van der Waals surface area contributed by atoms with Crippen molar-refractivity contribution < 1.29 is 23.0 Å². The van der Waals surface area contributed by atoms with Crippen LogP contribution in [0.5, 0.6) is 23.1 Å². The minimum atomic E-state index is -0.895. The van der Waals surface area contributed by atoms with Crippen molar-refractivity contribution in [1.29, 1.82) is 0 Å². The summed E-state index contributed by atoms with van der Waals surface area (Å²) in [5.74, 6) is -1.02. The van der Waals surface area contributed by atoms with Crippen molar-refractivity contribution in [2.75, 3.05) is 20.0 Å². The zero-order valence-corrected chi connectivity index (χ0v) is 12.8. The Morgan fingerprint density at radius 1 is 0.875 bits per heavy atom. The number of rotatable bonds is 4. The smallest absolute Gasteiger partial charge is 0.230 e. The number of nitrogens with two attached hydrogens (primary N) is 1. The van der Waals surface area contributed by atoms with Crippen molar-refractivity contribution >= 4 is 16.6 Å². The molecule has 2 N–H and O–H groups in total. The molecule has 0 fully saturated rings. The van der Waals surface area contributed by atoms with Crippen LogP contribution in [-0.4, -0.2) is 24.2 Å².